The average molecular weight is 290 g/mol. The lowest BCUT2D eigenvalue weighted by molar-refractivity contribution is -0.141. The highest BCUT2D eigenvalue weighted by Gasteiger charge is 2.30. The molecule has 6 nitrogen and oxygen atoms in total. The number of carbonyl (C=O) groups excluding carboxylic acids is 1. The van der Waals surface area contributed by atoms with E-state index in [4.69, 9.17) is 4.74 Å². The van der Waals surface area contributed by atoms with Crippen molar-refractivity contribution >= 4 is 11.7 Å². The number of hydrogen-bond donors (Lipinski definition) is 0. The Morgan fingerprint density at radius 3 is 2.81 bits per heavy atom. The quantitative estimate of drug-likeness (QED) is 0.826. The number of hydrogen-bond acceptors (Lipinski definition) is 5. The van der Waals surface area contributed by atoms with E-state index in [0.29, 0.717) is 0 Å². The standard InChI is InChI=1S/C15H22N4O2/c1-2-12-10-14(17-11-16-12)18-5-7-19(8-6-18)15(20)13-4-3-9-21-13/h10-11,13H,2-9H2,1H3/t13-/m1/s1. The number of aromatic nitrogens is 2. The van der Waals surface area contributed by atoms with Gasteiger partial charge in [0.15, 0.2) is 0 Å². The summed E-state index contributed by atoms with van der Waals surface area (Å²) in [6.07, 6.45) is 4.19. The number of carbonyl (C=O) groups is 1. The molecule has 1 aromatic heterocycles. The van der Waals surface area contributed by atoms with Crippen LogP contribution in [-0.4, -0.2) is 59.7 Å². The molecule has 2 aliphatic heterocycles. The molecule has 1 atom stereocenters. The van der Waals surface area contributed by atoms with E-state index in [1.165, 1.54) is 0 Å². The first-order chi connectivity index (χ1) is 10.3. The third-order valence-corrected chi connectivity index (χ3v) is 4.19. The Balaban J connectivity index is 1.58. The summed E-state index contributed by atoms with van der Waals surface area (Å²) < 4.78 is 5.48. The van der Waals surface area contributed by atoms with Crippen molar-refractivity contribution in [1.82, 2.24) is 14.9 Å². The molecular weight excluding hydrogens is 268 g/mol. The van der Waals surface area contributed by atoms with Crippen LogP contribution in [-0.2, 0) is 16.0 Å². The van der Waals surface area contributed by atoms with Gasteiger partial charge in [-0.15, -0.1) is 0 Å². The lowest BCUT2D eigenvalue weighted by Crippen LogP contribution is -2.51. The van der Waals surface area contributed by atoms with Gasteiger partial charge in [-0.25, -0.2) is 9.97 Å². The summed E-state index contributed by atoms with van der Waals surface area (Å²) in [4.78, 5) is 25.0. The Bertz CT molecular complexity index is 494. The lowest BCUT2D eigenvalue weighted by Gasteiger charge is -2.36. The van der Waals surface area contributed by atoms with Crippen LogP contribution in [0.4, 0.5) is 5.82 Å². The second-order valence-electron chi connectivity index (χ2n) is 5.54. The van der Waals surface area contributed by atoms with E-state index >= 15 is 0 Å². The first kappa shape index (κ1) is 14.3. The van der Waals surface area contributed by atoms with E-state index in [2.05, 4.69) is 21.8 Å². The second kappa shape index (κ2) is 6.39. The molecule has 2 saturated heterocycles. The molecule has 0 bridgehead atoms. The smallest absolute Gasteiger partial charge is 0.251 e. The molecule has 0 saturated carbocycles. The monoisotopic (exact) mass is 290 g/mol. The SMILES string of the molecule is CCc1cc(N2CCN(C(=O)[C@H]3CCCO3)CC2)ncn1. The molecule has 0 spiro atoms. The third kappa shape index (κ3) is 3.15. The lowest BCUT2D eigenvalue weighted by atomic mass is 10.2. The molecule has 2 fully saturated rings. The van der Waals surface area contributed by atoms with Gasteiger partial charge in [-0.2, -0.15) is 0 Å². The molecule has 0 unspecified atom stereocenters. The average Bonchev–Trinajstić information content (AvgIpc) is 3.09. The number of piperazine rings is 1. The minimum absolute atomic E-state index is 0.157. The first-order valence-corrected chi connectivity index (χ1v) is 7.74. The molecule has 1 amide bonds. The summed E-state index contributed by atoms with van der Waals surface area (Å²) in [5, 5.41) is 0. The zero-order chi connectivity index (χ0) is 14.7. The minimum atomic E-state index is -0.206. The molecule has 0 aliphatic carbocycles. The van der Waals surface area contributed by atoms with Gasteiger partial charge in [0.25, 0.3) is 5.91 Å². The number of ether oxygens (including phenoxy) is 1. The molecule has 114 valence electrons. The van der Waals surface area contributed by atoms with E-state index in [9.17, 15) is 4.79 Å². The van der Waals surface area contributed by atoms with Gasteiger partial charge in [-0.1, -0.05) is 6.92 Å². The number of nitrogens with zero attached hydrogens (tertiary/aromatic N) is 4. The van der Waals surface area contributed by atoms with Gasteiger partial charge in [0.1, 0.15) is 18.2 Å². The first-order valence-electron chi connectivity index (χ1n) is 7.74. The molecule has 6 heteroatoms. The second-order valence-corrected chi connectivity index (χ2v) is 5.54. The van der Waals surface area contributed by atoms with Gasteiger partial charge in [0.05, 0.1) is 0 Å². The van der Waals surface area contributed by atoms with Gasteiger partial charge >= 0.3 is 0 Å². The van der Waals surface area contributed by atoms with Crippen molar-refractivity contribution in [2.45, 2.75) is 32.3 Å². The van der Waals surface area contributed by atoms with Crippen LogP contribution in [0.15, 0.2) is 12.4 Å². The maximum absolute atomic E-state index is 12.3. The number of rotatable bonds is 3. The highest BCUT2D eigenvalue weighted by Crippen LogP contribution is 2.18. The zero-order valence-corrected chi connectivity index (χ0v) is 12.5. The van der Waals surface area contributed by atoms with Gasteiger partial charge in [-0.3, -0.25) is 4.79 Å². The fourth-order valence-electron chi connectivity index (χ4n) is 2.88. The van der Waals surface area contributed by atoms with E-state index in [-0.39, 0.29) is 12.0 Å². The topological polar surface area (TPSA) is 58.6 Å². The fourth-order valence-corrected chi connectivity index (χ4v) is 2.88. The Kier molecular flexibility index (Phi) is 4.34. The van der Waals surface area contributed by atoms with Crippen LogP contribution < -0.4 is 4.90 Å². The van der Waals surface area contributed by atoms with E-state index in [1.54, 1.807) is 6.33 Å². The molecule has 2 aliphatic rings. The number of amides is 1. The summed E-state index contributed by atoms with van der Waals surface area (Å²) in [6, 6.07) is 2.04. The third-order valence-electron chi connectivity index (χ3n) is 4.19. The van der Waals surface area contributed by atoms with E-state index in [0.717, 1.165) is 63.6 Å². The van der Waals surface area contributed by atoms with Gasteiger partial charge in [0, 0.05) is 44.5 Å². The van der Waals surface area contributed by atoms with Crippen molar-refractivity contribution in [3.63, 3.8) is 0 Å². The Hall–Kier alpha value is -1.69. The Labute approximate surface area is 125 Å². The summed E-state index contributed by atoms with van der Waals surface area (Å²) in [7, 11) is 0. The predicted octanol–water partition coefficient (Wildman–Crippen LogP) is 0.867. The molecule has 0 radical (unpaired) electrons. The normalized spacial score (nSPS) is 22.6. The molecule has 3 rings (SSSR count). The molecule has 0 aromatic carbocycles. The van der Waals surface area contributed by atoms with Crippen LogP contribution >= 0.6 is 0 Å². The van der Waals surface area contributed by atoms with Crippen LogP contribution in [0.3, 0.4) is 0 Å². The predicted molar refractivity (Wildman–Crippen MR) is 79.2 cm³/mol. The van der Waals surface area contributed by atoms with Crippen molar-refractivity contribution in [2.75, 3.05) is 37.7 Å². The van der Waals surface area contributed by atoms with Crippen molar-refractivity contribution in [1.29, 1.82) is 0 Å². The Morgan fingerprint density at radius 2 is 2.14 bits per heavy atom. The highest BCUT2D eigenvalue weighted by atomic mass is 16.5. The Morgan fingerprint density at radius 1 is 1.33 bits per heavy atom. The van der Waals surface area contributed by atoms with Crippen LogP contribution in [0.5, 0.6) is 0 Å². The van der Waals surface area contributed by atoms with Crippen LogP contribution in [0.1, 0.15) is 25.5 Å². The summed E-state index contributed by atoms with van der Waals surface area (Å²) >= 11 is 0. The molecule has 21 heavy (non-hydrogen) atoms. The molecule has 3 heterocycles. The van der Waals surface area contributed by atoms with Crippen molar-refractivity contribution in [3.8, 4) is 0 Å². The summed E-state index contributed by atoms with van der Waals surface area (Å²) in [5.41, 5.74) is 1.05. The van der Waals surface area contributed by atoms with Gasteiger partial charge in [-0.05, 0) is 19.3 Å². The number of anilines is 1. The van der Waals surface area contributed by atoms with Crippen molar-refractivity contribution in [2.24, 2.45) is 0 Å². The van der Waals surface area contributed by atoms with Crippen LogP contribution in [0.2, 0.25) is 0 Å². The van der Waals surface area contributed by atoms with Gasteiger partial charge in [0.2, 0.25) is 0 Å². The van der Waals surface area contributed by atoms with Gasteiger partial charge < -0.3 is 14.5 Å². The maximum atomic E-state index is 12.3. The summed E-state index contributed by atoms with van der Waals surface area (Å²) in [6.45, 7) is 5.92. The fraction of sp³-hybridized carbons (Fsp3) is 0.667. The van der Waals surface area contributed by atoms with E-state index < -0.39 is 0 Å². The summed E-state index contributed by atoms with van der Waals surface area (Å²) in [5.74, 6) is 1.12. The number of aryl methyl sites for hydroxylation is 1. The zero-order valence-electron chi connectivity index (χ0n) is 12.5. The van der Waals surface area contributed by atoms with Crippen LogP contribution in [0.25, 0.3) is 0 Å². The van der Waals surface area contributed by atoms with Crippen molar-refractivity contribution < 1.29 is 9.53 Å². The maximum Gasteiger partial charge on any atom is 0.251 e. The molecular formula is C15H22N4O2. The minimum Gasteiger partial charge on any atom is -0.368 e. The highest BCUT2D eigenvalue weighted by molar-refractivity contribution is 5.81. The molecule has 1 aromatic rings. The van der Waals surface area contributed by atoms with Crippen LogP contribution in [0, 0.1) is 0 Å². The molecule has 0 N–H and O–H groups in total. The van der Waals surface area contributed by atoms with Crippen molar-refractivity contribution in [3.05, 3.63) is 18.1 Å². The van der Waals surface area contributed by atoms with E-state index in [1.807, 2.05) is 11.0 Å². The largest absolute Gasteiger partial charge is 0.368 e.